The zero-order valence-corrected chi connectivity index (χ0v) is 14.0. The number of carbonyl (C=O) groups is 1. The van der Waals surface area contributed by atoms with Crippen molar-refractivity contribution in [3.8, 4) is 12.3 Å². The van der Waals surface area contributed by atoms with Gasteiger partial charge in [-0.15, -0.1) is 12.3 Å². The Labute approximate surface area is 138 Å². The van der Waals surface area contributed by atoms with Crippen molar-refractivity contribution in [1.29, 1.82) is 0 Å². The van der Waals surface area contributed by atoms with Crippen LogP contribution >= 0.6 is 7.14 Å². The zero-order valence-electron chi connectivity index (χ0n) is 13.2. The van der Waals surface area contributed by atoms with Crippen LogP contribution in [0.5, 0.6) is 0 Å². The number of unbranched alkanes of at least 4 members (excludes halogenated alkanes) is 2. The number of terminal acetylenes is 1. The van der Waals surface area contributed by atoms with Gasteiger partial charge in [-0.05, 0) is 12.8 Å². The lowest BCUT2D eigenvalue weighted by atomic mass is 10.1. The Morgan fingerprint density at radius 3 is 1.91 bits per heavy atom. The van der Waals surface area contributed by atoms with Gasteiger partial charge < -0.3 is 4.57 Å². The van der Waals surface area contributed by atoms with Crippen molar-refractivity contribution in [3.63, 3.8) is 0 Å². The van der Waals surface area contributed by atoms with Crippen LogP contribution in [-0.2, 0) is 9.36 Å². The molecule has 0 N–H and O–H groups in total. The molecule has 2 aromatic carbocycles. The van der Waals surface area contributed by atoms with Gasteiger partial charge in [-0.1, -0.05) is 60.7 Å². The minimum Gasteiger partial charge on any atom is -0.313 e. The predicted molar refractivity (Wildman–Crippen MR) is 96.9 cm³/mol. The first-order chi connectivity index (χ1) is 11.2. The van der Waals surface area contributed by atoms with E-state index in [0.29, 0.717) is 12.8 Å². The standard InChI is InChI=1S/C20H21O2P/c1-2-3-4-7-12-18(21)17-23(22,19-13-8-5-9-14-19)20-15-10-6-11-16-20/h1,5-6,8-11,13-16H,3-4,7,12,17H2. The Balaban J connectivity index is 2.21. The molecule has 118 valence electrons. The summed E-state index contributed by atoms with van der Waals surface area (Å²) in [5.74, 6) is 2.62. The summed E-state index contributed by atoms with van der Waals surface area (Å²) >= 11 is 0. The number of Topliss-reactive ketones (excluding diaryl/α,β-unsaturated/α-hetero) is 1. The number of rotatable bonds is 8. The summed E-state index contributed by atoms with van der Waals surface area (Å²) in [5.41, 5.74) is 0. The van der Waals surface area contributed by atoms with E-state index in [1.54, 1.807) is 0 Å². The van der Waals surface area contributed by atoms with E-state index in [4.69, 9.17) is 6.42 Å². The quantitative estimate of drug-likeness (QED) is 0.421. The highest BCUT2D eigenvalue weighted by molar-refractivity contribution is 7.79. The second-order valence-corrected chi connectivity index (χ2v) is 8.35. The maximum absolute atomic E-state index is 13.7. The Hall–Kier alpha value is -2.10. The SMILES string of the molecule is C#CCCCCC(=O)CP(=O)(c1ccccc1)c1ccccc1. The second kappa shape index (κ2) is 8.51. The van der Waals surface area contributed by atoms with E-state index < -0.39 is 7.14 Å². The highest BCUT2D eigenvalue weighted by Gasteiger charge is 2.29. The van der Waals surface area contributed by atoms with Crippen LogP contribution in [0.3, 0.4) is 0 Å². The molecule has 0 aliphatic heterocycles. The van der Waals surface area contributed by atoms with Crippen LogP contribution in [0.4, 0.5) is 0 Å². The number of benzene rings is 2. The van der Waals surface area contributed by atoms with Gasteiger partial charge in [0, 0.05) is 23.5 Å². The minimum absolute atomic E-state index is 0.0399. The molecule has 0 unspecified atom stereocenters. The summed E-state index contributed by atoms with van der Waals surface area (Å²) in [6.07, 6.45) is 8.01. The van der Waals surface area contributed by atoms with Gasteiger partial charge in [0.25, 0.3) is 0 Å². The molecule has 0 atom stereocenters. The Kier molecular flexibility index (Phi) is 6.39. The van der Waals surface area contributed by atoms with Crippen LogP contribution in [0.2, 0.25) is 0 Å². The predicted octanol–water partition coefficient (Wildman–Crippen LogP) is 3.76. The molecule has 0 saturated heterocycles. The van der Waals surface area contributed by atoms with Crippen molar-refractivity contribution >= 4 is 23.5 Å². The molecule has 2 rings (SSSR count). The first-order valence-electron chi connectivity index (χ1n) is 7.82. The molecular weight excluding hydrogens is 303 g/mol. The minimum atomic E-state index is -2.93. The van der Waals surface area contributed by atoms with Gasteiger partial charge in [-0.25, -0.2) is 0 Å². The largest absolute Gasteiger partial charge is 0.313 e. The van der Waals surface area contributed by atoms with Crippen LogP contribution in [0.25, 0.3) is 0 Å². The number of carbonyl (C=O) groups excluding carboxylic acids is 1. The normalized spacial score (nSPS) is 10.9. The Morgan fingerprint density at radius 1 is 0.913 bits per heavy atom. The molecule has 0 aromatic heterocycles. The third-order valence-electron chi connectivity index (χ3n) is 3.77. The summed E-state index contributed by atoms with van der Waals surface area (Å²) in [6, 6.07) is 18.6. The number of ketones is 1. The molecular formula is C20H21O2P. The second-order valence-electron chi connectivity index (χ2n) is 5.52. The van der Waals surface area contributed by atoms with Gasteiger partial charge >= 0.3 is 0 Å². The molecule has 2 aromatic rings. The summed E-state index contributed by atoms with van der Waals surface area (Å²) < 4.78 is 13.7. The Morgan fingerprint density at radius 2 is 1.43 bits per heavy atom. The molecule has 0 amide bonds. The molecule has 0 aliphatic rings. The molecule has 3 heteroatoms. The van der Waals surface area contributed by atoms with E-state index in [2.05, 4.69) is 5.92 Å². The monoisotopic (exact) mass is 324 g/mol. The van der Waals surface area contributed by atoms with E-state index in [1.165, 1.54) is 0 Å². The van der Waals surface area contributed by atoms with Crippen LogP contribution in [-0.4, -0.2) is 11.9 Å². The maximum Gasteiger partial charge on any atom is 0.150 e. The van der Waals surface area contributed by atoms with E-state index in [9.17, 15) is 9.36 Å². The maximum atomic E-state index is 13.7. The highest BCUT2D eigenvalue weighted by Crippen LogP contribution is 2.43. The van der Waals surface area contributed by atoms with Gasteiger partial charge in [0.1, 0.15) is 12.9 Å². The zero-order chi connectivity index (χ0) is 16.5. The molecule has 23 heavy (non-hydrogen) atoms. The van der Waals surface area contributed by atoms with Gasteiger partial charge in [0.2, 0.25) is 0 Å². The average Bonchev–Trinajstić information content (AvgIpc) is 2.60. The van der Waals surface area contributed by atoms with Gasteiger partial charge in [0.15, 0.2) is 0 Å². The molecule has 0 saturated carbocycles. The van der Waals surface area contributed by atoms with E-state index in [-0.39, 0.29) is 11.9 Å². The van der Waals surface area contributed by atoms with Crippen molar-refractivity contribution in [3.05, 3.63) is 60.7 Å². The lowest BCUT2D eigenvalue weighted by Crippen LogP contribution is -2.22. The highest BCUT2D eigenvalue weighted by atomic mass is 31.2. The van der Waals surface area contributed by atoms with Crippen molar-refractivity contribution in [2.45, 2.75) is 25.7 Å². The Bertz CT molecular complexity index is 671. The number of hydrogen-bond acceptors (Lipinski definition) is 2. The summed E-state index contributed by atoms with van der Waals surface area (Å²) in [5, 5.41) is 1.48. The molecule has 0 radical (unpaired) electrons. The number of hydrogen-bond donors (Lipinski definition) is 0. The van der Waals surface area contributed by atoms with Gasteiger partial charge in [-0.3, -0.25) is 4.79 Å². The molecule has 0 bridgehead atoms. The summed E-state index contributed by atoms with van der Waals surface area (Å²) in [4.78, 5) is 12.3. The van der Waals surface area contributed by atoms with E-state index in [1.807, 2.05) is 60.7 Å². The summed E-state index contributed by atoms with van der Waals surface area (Å²) in [7, 11) is -2.93. The van der Waals surface area contributed by atoms with Gasteiger partial charge in [-0.2, -0.15) is 0 Å². The van der Waals surface area contributed by atoms with Crippen molar-refractivity contribution < 1.29 is 9.36 Å². The molecule has 0 heterocycles. The third-order valence-corrected chi connectivity index (χ3v) is 6.83. The fourth-order valence-corrected chi connectivity index (χ4v) is 5.17. The smallest absolute Gasteiger partial charge is 0.150 e. The molecule has 2 nitrogen and oxygen atoms in total. The molecule has 0 spiro atoms. The van der Waals surface area contributed by atoms with E-state index in [0.717, 1.165) is 23.5 Å². The fourth-order valence-electron chi connectivity index (χ4n) is 2.55. The topological polar surface area (TPSA) is 34.1 Å². The third kappa shape index (κ3) is 4.68. The van der Waals surface area contributed by atoms with Crippen LogP contribution in [0.15, 0.2) is 60.7 Å². The van der Waals surface area contributed by atoms with Gasteiger partial charge in [0.05, 0.1) is 6.16 Å². The first-order valence-corrected chi connectivity index (χ1v) is 9.71. The first kappa shape index (κ1) is 17.3. The molecule has 0 fully saturated rings. The van der Waals surface area contributed by atoms with Crippen molar-refractivity contribution in [1.82, 2.24) is 0 Å². The molecule has 0 aliphatic carbocycles. The van der Waals surface area contributed by atoms with E-state index >= 15 is 0 Å². The lowest BCUT2D eigenvalue weighted by molar-refractivity contribution is -0.116. The lowest BCUT2D eigenvalue weighted by Gasteiger charge is -2.18. The van der Waals surface area contributed by atoms with Crippen molar-refractivity contribution in [2.24, 2.45) is 0 Å². The fraction of sp³-hybridized carbons (Fsp3) is 0.250. The van der Waals surface area contributed by atoms with Crippen molar-refractivity contribution in [2.75, 3.05) is 6.16 Å². The average molecular weight is 324 g/mol. The van der Waals surface area contributed by atoms with Crippen LogP contribution in [0.1, 0.15) is 25.7 Å². The van der Waals surface area contributed by atoms with Crippen LogP contribution < -0.4 is 10.6 Å². The van der Waals surface area contributed by atoms with Crippen LogP contribution in [0, 0.1) is 12.3 Å². The summed E-state index contributed by atoms with van der Waals surface area (Å²) in [6.45, 7) is 0.